The van der Waals surface area contributed by atoms with Gasteiger partial charge in [0.25, 0.3) is 0 Å². The van der Waals surface area contributed by atoms with E-state index in [1.807, 2.05) is 50.2 Å². The first-order valence-corrected chi connectivity index (χ1v) is 6.47. The summed E-state index contributed by atoms with van der Waals surface area (Å²) in [5, 5.41) is 3.07. The summed E-state index contributed by atoms with van der Waals surface area (Å²) in [4.78, 5) is 13.3. The molecule has 0 aliphatic rings. The third-order valence-corrected chi connectivity index (χ3v) is 2.73. The van der Waals surface area contributed by atoms with Crippen molar-refractivity contribution in [3.63, 3.8) is 0 Å². The second-order valence-corrected chi connectivity index (χ2v) is 4.61. The maximum Gasteiger partial charge on any atom is 0.238 e. The van der Waals surface area contributed by atoms with Crippen molar-refractivity contribution >= 4 is 11.6 Å². The van der Waals surface area contributed by atoms with Gasteiger partial charge in [0.2, 0.25) is 5.91 Å². The molecule has 0 fully saturated rings. The Labute approximate surface area is 114 Å². The van der Waals surface area contributed by atoms with Crippen LogP contribution in [0.5, 0.6) is 5.75 Å². The molecule has 0 aromatic heterocycles. The van der Waals surface area contributed by atoms with Crippen LogP contribution in [0.1, 0.15) is 13.3 Å². The third kappa shape index (κ3) is 5.18. The summed E-state index contributed by atoms with van der Waals surface area (Å²) in [6, 6.07) is 7.25. The lowest BCUT2D eigenvalue weighted by Crippen LogP contribution is -2.45. The number of hydrogen-bond donors (Lipinski definition) is 2. The smallest absolute Gasteiger partial charge is 0.238 e. The van der Waals surface area contributed by atoms with Crippen LogP contribution in [0.15, 0.2) is 24.3 Å². The van der Waals surface area contributed by atoms with Gasteiger partial charge in [-0.05, 0) is 25.1 Å². The van der Waals surface area contributed by atoms with Gasteiger partial charge in [-0.25, -0.2) is 0 Å². The summed E-state index contributed by atoms with van der Waals surface area (Å²) in [5.41, 5.74) is 6.38. The van der Waals surface area contributed by atoms with Crippen molar-refractivity contribution in [2.24, 2.45) is 5.73 Å². The first-order valence-electron chi connectivity index (χ1n) is 6.47. The monoisotopic (exact) mass is 265 g/mol. The lowest BCUT2D eigenvalue weighted by molar-refractivity contribution is -0.120. The van der Waals surface area contributed by atoms with Crippen molar-refractivity contribution in [1.82, 2.24) is 5.32 Å². The van der Waals surface area contributed by atoms with Crippen molar-refractivity contribution in [1.29, 1.82) is 0 Å². The lowest BCUT2D eigenvalue weighted by atomic mass is 10.2. The number of nitrogens with two attached hydrogens (primary N) is 1. The Morgan fingerprint density at radius 3 is 2.79 bits per heavy atom. The molecule has 3 N–H and O–H groups in total. The quantitative estimate of drug-likeness (QED) is 0.735. The Morgan fingerprint density at radius 2 is 2.21 bits per heavy atom. The molecule has 0 saturated carbocycles. The van der Waals surface area contributed by atoms with Crippen LogP contribution in [-0.2, 0) is 4.79 Å². The van der Waals surface area contributed by atoms with Crippen LogP contribution in [0, 0.1) is 0 Å². The fourth-order valence-electron chi connectivity index (χ4n) is 1.59. The van der Waals surface area contributed by atoms with E-state index in [0.717, 1.165) is 24.4 Å². The topological polar surface area (TPSA) is 67.6 Å². The molecule has 1 unspecified atom stereocenters. The van der Waals surface area contributed by atoms with Gasteiger partial charge >= 0.3 is 0 Å². The van der Waals surface area contributed by atoms with Crippen LogP contribution < -0.4 is 20.7 Å². The van der Waals surface area contributed by atoms with Gasteiger partial charge in [-0.3, -0.25) is 4.79 Å². The van der Waals surface area contributed by atoms with E-state index in [9.17, 15) is 4.79 Å². The van der Waals surface area contributed by atoms with Gasteiger partial charge in [-0.15, -0.1) is 0 Å². The molecule has 19 heavy (non-hydrogen) atoms. The van der Waals surface area contributed by atoms with Crippen molar-refractivity contribution in [2.75, 3.05) is 32.1 Å². The first-order chi connectivity index (χ1) is 9.04. The molecule has 5 nitrogen and oxygen atoms in total. The van der Waals surface area contributed by atoms with Gasteiger partial charge < -0.3 is 20.7 Å². The van der Waals surface area contributed by atoms with E-state index in [0.29, 0.717) is 0 Å². The minimum absolute atomic E-state index is 0.242. The Balaban J connectivity index is 2.58. The van der Waals surface area contributed by atoms with Crippen LogP contribution in [0.3, 0.4) is 0 Å². The number of carbonyl (C=O) groups excluding carboxylic acids is 1. The van der Waals surface area contributed by atoms with Gasteiger partial charge in [0, 0.05) is 25.8 Å². The highest BCUT2D eigenvalue weighted by Crippen LogP contribution is 2.19. The number of ether oxygens (including phenoxy) is 1. The molecule has 106 valence electrons. The molecule has 0 heterocycles. The van der Waals surface area contributed by atoms with Gasteiger partial charge in [-0.1, -0.05) is 13.0 Å². The molecule has 1 aromatic rings. The molecular weight excluding hydrogens is 242 g/mol. The zero-order valence-electron chi connectivity index (χ0n) is 11.8. The number of benzene rings is 1. The fraction of sp³-hybridized carbons (Fsp3) is 0.500. The summed E-state index contributed by atoms with van der Waals surface area (Å²) in [7, 11) is 3.93. The van der Waals surface area contributed by atoms with Gasteiger partial charge in [0.05, 0.1) is 0 Å². The van der Waals surface area contributed by atoms with E-state index in [2.05, 4.69) is 5.32 Å². The second-order valence-electron chi connectivity index (χ2n) is 4.61. The number of amides is 1. The molecule has 0 spiro atoms. The molecule has 0 aliphatic heterocycles. The average molecular weight is 265 g/mol. The van der Waals surface area contributed by atoms with Crippen LogP contribution in [-0.4, -0.2) is 39.2 Å². The van der Waals surface area contributed by atoms with Crippen molar-refractivity contribution in [2.45, 2.75) is 19.4 Å². The summed E-state index contributed by atoms with van der Waals surface area (Å²) in [5.74, 6) is 0.341. The Kier molecular flexibility index (Phi) is 6.15. The summed E-state index contributed by atoms with van der Waals surface area (Å²) in [6.45, 7) is 3.02. The van der Waals surface area contributed by atoms with Gasteiger partial charge in [-0.2, -0.15) is 0 Å². The Hall–Kier alpha value is -1.75. The molecule has 5 heteroatoms. The van der Waals surface area contributed by atoms with Crippen LogP contribution >= 0.6 is 0 Å². The standard InChI is InChI=1S/C14H23N3O2/c1-4-8-16-13(14(15)18)10-19-12-7-5-6-11(9-12)17(2)3/h5-7,9,13,16H,4,8,10H2,1-3H3,(H2,15,18). The van der Waals surface area contributed by atoms with Crippen molar-refractivity contribution in [3.05, 3.63) is 24.3 Å². The van der Waals surface area contributed by atoms with Crippen molar-refractivity contribution in [3.8, 4) is 5.75 Å². The predicted octanol–water partition coefficient (Wildman–Crippen LogP) is 0.985. The molecule has 1 rings (SSSR count). The highest BCUT2D eigenvalue weighted by molar-refractivity contribution is 5.80. The first kappa shape index (κ1) is 15.3. The van der Waals surface area contributed by atoms with E-state index < -0.39 is 11.9 Å². The summed E-state index contributed by atoms with van der Waals surface area (Å²) >= 11 is 0. The van der Waals surface area contributed by atoms with Crippen molar-refractivity contribution < 1.29 is 9.53 Å². The normalized spacial score (nSPS) is 11.9. The van der Waals surface area contributed by atoms with Gasteiger partial charge in [0.15, 0.2) is 0 Å². The molecule has 1 aromatic carbocycles. The van der Waals surface area contributed by atoms with E-state index in [-0.39, 0.29) is 6.61 Å². The number of anilines is 1. The molecule has 0 radical (unpaired) electrons. The number of rotatable bonds is 8. The van der Waals surface area contributed by atoms with Gasteiger partial charge in [0.1, 0.15) is 18.4 Å². The number of primary amides is 1. The number of hydrogen-bond acceptors (Lipinski definition) is 4. The van der Waals surface area contributed by atoms with E-state index >= 15 is 0 Å². The maximum absolute atomic E-state index is 11.3. The van der Waals surface area contributed by atoms with Crippen LogP contribution in [0.25, 0.3) is 0 Å². The van der Waals surface area contributed by atoms with Crippen LogP contribution in [0.4, 0.5) is 5.69 Å². The predicted molar refractivity (Wildman–Crippen MR) is 77.5 cm³/mol. The molecule has 1 amide bonds. The summed E-state index contributed by atoms with van der Waals surface area (Å²) < 4.78 is 5.63. The Morgan fingerprint density at radius 1 is 1.47 bits per heavy atom. The fourth-order valence-corrected chi connectivity index (χ4v) is 1.59. The summed E-state index contributed by atoms with van der Waals surface area (Å²) in [6.07, 6.45) is 0.944. The molecule has 0 aliphatic carbocycles. The minimum atomic E-state index is -0.456. The highest BCUT2D eigenvalue weighted by atomic mass is 16.5. The number of carbonyl (C=O) groups is 1. The third-order valence-electron chi connectivity index (χ3n) is 2.73. The van der Waals surface area contributed by atoms with E-state index in [4.69, 9.17) is 10.5 Å². The van der Waals surface area contributed by atoms with E-state index in [1.165, 1.54) is 0 Å². The molecule has 0 saturated heterocycles. The second kappa shape index (κ2) is 7.63. The maximum atomic E-state index is 11.3. The molecule has 0 bridgehead atoms. The van der Waals surface area contributed by atoms with E-state index in [1.54, 1.807) is 0 Å². The Bertz CT molecular complexity index is 407. The highest BCUT2D eigenvalue weighted by Gasteiger charge is 2.14. The average Bonchev–Trinajstić information content (AvgIpc) is 2.38. The zero-order chi connectivity index (χ0) is 14.3. The SMILES string of the molecule is CCCNC(COc1cccc(N(C)C)c1)C(N)=O. The molecule has 1 atom stereocenters. The number of nitrogens with zero attached hydrogens (tertiary/aromatic N) is 1. The minimum Gasteiger partial charge on any atom is -0.491 e. The number of nitrogens with one attached hydrogen (secondary N) is 1. The zero-order valence-corrected chi connectivity index (χ0v) is 11.8. The molecular formula is C14H23N3O2. The van der Waals surface area contributed by atoms with Crippen LogP contribution in [0.2, 0.25) is 0 Å². The lowest BCUT2D eigenvalue weighted by Gasteiger charge is -2.17. The largest absolute Gasteiger partial charge is 0.491 e.